The molecule has 0 spiro atoms. The predicted octanol–water partition coefficient (Wildman–Crippen LogP) is 1.26. The monoisotopic (exact) mass is 288 g/mol. The highest BCUT2D eigenvalue weighted by Gasteiger charge is 2.37. The standard InChI is InChI=1S/C12H20N2O4S/c1-9-11(10(2)18-13-9)19(16,17)14-12(8-15)6-4-3-5-7-12/h14-15H,3-8H2,1-2H3. The number of aliphatic hydroxyl groups excluding tert-OH is 1. The van der Waals surface area contributed by atoms with Gasteiger partial charge in [0.1, 0.15) is 10.6 Å². The van der Waals surface area contributed by atoms with Crippen molar-refractivity contribution in [3.8, 4) is 0 Å². The molecule has 0 amide bonds. The van der Waals surface area contributed by atoms with Crippen LogP contribution in [-0.2, 0) is 10.0 Å². The number of hydrogen-bond donors (Lipinski definition) is 2. The van der Waals surface area contributed by atoms with Crippen LogP contribution >= 0.6 is 0 Å². The maximum absolute atomic E-state index is 12.4. The fourth-order valence-electron chi connectivity index (χ4n) is 2.72. The number of aromatic nitrogens is 1. The Hall–Kier alpha value is -0.920. The number of sulfonamides is 1. The smallest absolute Gasteiger partial charge is 0.246 e. The van der Waals surface area contributed by atoms with E-state index in [0.717, 1.165) is 19.3 Å². The lowest BCUT2D eigenvalue weighted by atomic mass is 9.83. The first-order chi connectivity index (χ1) is 8.90. The van der Waals surface area contributed by atoms with Crippen molar-refractivity contribution in [2.75, 3.05) is 6.61 Å². The second kappa shape index (κ2) is 5.22. The van der Waals surface area contributed by atoms with Crippen molar-refractivity contribution < 1.29 is 18.0 Å². The Morgan fingerprint density at radius 3 is 2.42 bits per heavy atom. The first kappa shape index (κ1) is 14.5. The Bertz CT molecular complexity index is 525. The quantitative estimate of drug-likeness (QED) is 0.870. The molecule has 0 bridgehead atoms. The van der Waals surface area contributed by atoms with Crippen LogP contribution in [0.1, 0.15) is 43.6 Å². The van der Waals surface area contributed by atoms with E-state index in [1.54, 1.807) is 13.8 Å². The van der Waals surface area contributed by atoms with Crippen LogP contribution in [0.3, 0.4) is 0 Å². The predicted molar refractivity (Wildman–Crippen MR) is 69.2 cm³/mol. The zero-order valence-corrected chi connectivity index (χ0v) is 12.1. The summed E-state index contributed by atoms with van der Waals surface area (Å²) in [6.07, 6.45) is 4.24. The minimum absolute atomic E-state index is 0.0888. The lowest BCUT2D eigenvalue weighted by molar-refractivity contribution is 0.142. The number of hydrogen-bond acceptors (Lipinski definition) is 5. The average Bonchev–Trinajstić information content (AvgIpc) is 2.70. The lowest BCUT2D eigenvalue weighted by Crippen LogP contribution is -2.52. The van der Waals surface area contributed by atoms with Crippen LogP contribution in [0.2, 0.25) is 0 Å². The number of aliphatic hydroxyl groups is 1. The number of aryl methyl sites for hydroxylation is 2. The molecule has 108 valence electrons. The number of nitrogens with one attached hydrogen (secondary N) is 1. The molecule has 1 heterocycles. The SMILES string of the molecule is Cc1noc(C)c1S(=O)(=O)NC1(CO)CCCCC1. The van der Waals surface area contributed by atoms with Gasteiger partial charge >= 0.3 is 0 Å². The lowest BCUT2D eigenvalue weighted by Gasteiger charge is -2.35. The molecule has 0 aromatic carbocycles. The van der Waals surface area contributed by atoms with Gasteiger partial charge < -0.3 is 9.63 Å². The molecule has 1 aromatic rings. The molecule has 1 aromatic heterocycles. The Morgan fingerprint density at radius 2 is 1.95 bits per heavy atom. The third-order valence-electron chi connectivity index (χ3n) is 3.70. The van der Waals surface area contributed by atoms with Crippen molar-refractivity contribution in [1.29, 1.82) is 0 Å². The first-order valence-corrected chi connectivity index (χ1v) is 7.96. The number of rotatable bonds is 4. The second-order valence-electron chi connectivity index (χ2n) is 5.26. The molecule has 2 N–H and O–H groups in total. The molecule has 1 aliphatic rings. The van der Waals surface area contributed by atoms with Gasteiger partial charge in [-0.2, -0.15) is 0 Å². The minimum atomic E-state index is -3.71. The molecular formula is C12H20N2O4S. The summed E-state index contributed by atoms with van der Waals surface area (Å²) in [5, 5.41) is 13.2. The summed E-state index contributed by atoms with van der Waals surface area (Å²) in [6.45, 7) is 2.98. The van der Waals surface area contributed by atoms with E-state index < -0.39 is 15.6 Å². The maximum atomic E-state index is 12.4. The van der Waals surface area contributed by atoms with E-state index in [-0.39, 0.29) is 17.3 Å². The van der Waals surface area contributed by atoms with E-state index in [1.165, 1.54) is 0 Å². The van der Waals surface area contributed by atoms with E-state index in [2.05, 4.69) is 9.88 Å². The summed E-state index contributed by atoms with van der Waals surface area (Å²) in [4.78, 5) is 0.0888. The molecule has 6 nitrogen and oxygen atoms in total. The van der Waals surface area contributed by atoms with Crippen molar-refractivity contribution in [2.45, 2.75) is 56.4 Å². The van der Waals surface area contributed by atoms with Crippen LogP contribution in [0.5, 0.6) is 0 Å². The third-order valence-corrected chi connectivity index (χ3v) is 5.52. The first-order valence-electron chi connectivity index (χ1n) is 6.48. The third kappa shape index (κ3) is 2.82. The van der Waals surface area contributed by atoms with Crippen molar-refractivity contribution in [3.05, 3.63) is 11.5 Å². The Labute approximate surface area is 113 Å². The van der Waals surface area contributed by atoms with E-state index in [1.807, 2.05) is 0 Å². The highest BCUT2D eigenvalue weighted by molar-refractivity contribution is 7.89. The largest absolute Gasteiger partial charge is 0.394 e. The second-order valence-corrected chi connectivity index (χ2v) is 6.88. The molecule has 7 heteroatoms. The normalized spacial score (nSPS) is 19.5. The molecule has 0 unspecified atom stereocenters. The summed E-state index contributed by atoms with van der Waals surface area (Å²) in [6, 6.07) is 0. The highest BCUT2D eigenvalue weighted by atomic mass is 32.2. The van der Waals surface area contributed by atoms with Crippen molar-refractivity contribution in [1.82, 2.24) is 9.88 Å². The van der Waals surface area contributed by atoms with Gasteiger partial charge in [-0.15, -0.1) is 0 Å². The van der Waals surface area contributed by atoms with E-state index in [9.17, 15) is 13.5 Å². The highest BCUT2D eigenvalue weighted by Crippen LogP contribution is 2.30. The summed E-state index contributed by atoms with van der Waals surface area (Å²) >= 11 is 0. The molecule has 0 aliphatic heterocycles. The van der Waals surface area contributed by atoms with Crippen molar-refractivity contribution in [2.24, 2.45) is 0 Å². The fourth-order valence-corrected chi connectivity index (χ4v) is 4.50. The van der Waals surface area contributed by atoms with E-state index in [4.69, 9.17) is 4.52 Å². The fraction of sp³-hybridized carbons (Fsp3) is 0.750. The van der Waals surface area contributed by atoms with Gasteiger partial charge in [-0.1, -0.05) is 24.4 Å². The van der Waals surface area contributed by atoms with Gasteiger partial charge in [0.05, 0.1) is 12.1 Å². The van der Waals surface area contributed by atoms with Crippen LogP contribution in [0.15, 0.2) is 9.42 Å². The molecule has 1 fully saturated rings. The molecule has 19 heavy (non-hydrogen) atoms. The molecule has 0 radical (unpaired) electrons. The van der Waals surface area contributed by atoms with Crippen LogP contribution in [-0.4, -0.2) is 30.8 Å². The van der Waals surface area contributed by atoms with Gasteiger partial charge in [0.2, 0.25) is 10.0 Å². The van der Waals surface area contributed by atoms with E-state index in [0.29, 0.717) is 18.5 Å². The minimum Gasteiger partial charge on any atom is -0.394 e. The molecule has 2 rings (SSSR count). The van der Waals surface area contributed by atoms with E-state index >= 15 is 0 Å². The molecule has 0 saturated heterocycles. The maximum Gasteiger partial charge on any atom is 0.246 e. The van der Waals surface area contributed by atoms with Crippen LogP contribution in [0.25, 0.3) is 0 Å². The Balaban J connectivity index is 2.30. The molecular weight excluding hydrogens is 268 g/mol. The summed E-state index contributed by atoms with van der Waals surface area (Å²) in [5.74, 6) is 0.272. The van der Waals surface area contributed by atoms with Gasteiger partial charge in [0.25, 0.3) is 0 Å². The van der Waals surface area contributed by atoms with Crippen molar-refractivity contribution >= 4 is 10.0 Å². The van der Waals surface area contributed by atoms with Gasteiger partial charge in [0.15, 0.2) is 5.76 Å². The molecule has 0 atom stereocenters. The van der Waals surface area contributed by atoms with Gasteiger partial charge in [-0.25, -0.2) is 13.1 Å². The van der Waals surface area contributed by atoms with Crippen LogP contribution in [0, 0.1) is 13.8 Å². The summed E-state index contributed by atoms with van der Waals surface area (Å²) in [7, 11) is -3.71. The van der Waals surface area contributed by atoms with Gasteiger partial charge in [-0.05, 0) is 26.7 Å². The van der Waals surface area contributed by atoms with Gasteiger partial charge in [-0.3, -0.25) is 0 Å². The van der Waals surface area contributed by atoms with Crippen molar-refractivity contribution in [3.63, 3.8) is 0 Å². The van der Waals surface area contributed by atoms with Crippen LogP contribution in [0.4, 0.5) is 0 Å². The summed E-state index contributed by atoms with van der Waals surface area (Å²) < 4.78 is 32.5. The Kier molecular flexibility index (Phi) is 3.98. The average molecular weight is 288 g/mol. The van der Waals surface area contributed by atoms with Gasteiger partial charge in [0, 0.05) is 0 Å². The molecule has 1 saturated carbocycles. The zero-order chi connectivity index (χ0) is 14.1. The number of nitrogens with zero attached hydrogens (tertiary/aromatic N) is 1. The Morgan fingerprint density at radius 1 is 1.32 bits per heavy atom. The van der Waals surface area contributed by atoms with Crippen LogP contribution < -0.4 is 4.72 Å². The molecule has 1 aliphatic carbocycles. The zero-order valence-electron chi connectivity index (χ0n) is 11.3. The summed E-state index contributed by atoms with van der Waals surface area (Å²) in [5.41, 5.74) is -0.401. The topological polar surface area (TPSA) is 92.4 Å².